The van der Waals surface area contributed by atoms with E-state index in [9.17, 15) is 40.5 Å². The van der Waals surface area contributed by atoms with E-state index in [1.54, 1.807) is 0 Å². The Kier molecular flexibility index (Phi) is 8.81. The van der Waals surface area contributed by atoms with Crippen LogP contribution < -0.4 is 9.47 Å². The van der Waals surface area contributed by atoms with E-state index in [0.29, 0.717) is 5.56 Å². The van der Waals surface area contributed by atoms with Crippen LogP contribution in [0.2, 0.25) is 0 Å². The first-order valence-corrected chi connectivity index (χ1v) is 10.6. The van der Waals surface area contributed by atoms with E-state index in [-0.39, 0.29) is 17.3 Å². The molecule has 0 unspecified atom stereocenters. The lowest BCUT2D eigenvalue weighted by Gasteiger charge is -2.45. The van der Waals surface area contributed by atoms with Crippen LogP contribution in [0.4, 0.5) is 0 Å². The second-order valence-corrected chi connectivity index (χ2v) is 8.04. The third-order valence-corrected chi connectivity index (χ3v) is 5.77. The van der Waals surface area contributed by atoms with Crippen molar-refractivity contribution in [3.05, 3.63) is 23.8 Å². The molecule has 1 aromatic rings. The summed E-state index contributed by atoms with van der Waals surface area (Å²) in [6.07, 6.45) is -15.6. The fraction of sp³-hybridized carbons (Fsp3) is 0.667. The first-order valence-electron chi connectivity index (χ1n) is 10.6. The van der Waals surface area contributed by atoms with Crippen LogP contribution >= 0.6 is 0 Å². The second kappa shape index (κ2) is 11.2. The third-order valence-electron chi connectivity index (χ3n) is 5.77. The van der Waals surface area contributed by atoms with Gasteiger partial charge in [-0.2, -0.15) is 0 Å². The fourth-order valence-corrected chi connectivity index (χ4v) is 3.76. The molecule has 7 N–H and O–H groups in total. The molecule has 0 bridgehead atoms. The summed E-state index contributed by atoms with van der Waals surface area (Å²) < 4.78 is 27.2. The Balaban J connectivity index is 1.75. The molecule has 0 aromatic heterocycles. The number of rotatable bonds is 8. The monoisotopic (exact) mass is 490 g/mol. The Morgan fingerprint density at radius 2 is 1.47 bits per heavy atom. The lowest BCUT2D eigenvalue weighted by molar-refractivity contribution is -0.352. The summed E-state index contributed by atoms with van der Waals surface area (Å²) in [5.74, 6) is 0.0507. The van der Waals surface area contributed by atoms with Crippen molar-refractivity contribution in [2.45, 2.75) is 68.3 Å². The maximum Gasteiger partial charge on any atom is 0.229 e. The Bertz CT molecular complexity index is 831. The molecule has 3 rings (SSSR count). The quantitative estimate of drug-likeness (QED) is 0.181. The number of benzene rings is 1. The molecule has 0 spiro atoms. The number of carbonyl (C=O) groups excluding carboxylic acids is 1. The van der Waals surface area contributed by atoms with Crippen LogP contribution in [0.3, 0.4) is 0 Å². The van der Waals surface area contributed by atoms with Crippen molar-refractivity contribution in [2.24, 2.45) is 0 Å². The third kappa shape index (κ3) is 5.33. The number of ketones is 1. The maximum atomic E-state index is 11.6. The van der Waals surface area contributed by atoms with Crippen LogP contribution in [0, 0.1) is 0 Å². The van der Waals surface area contributed by atoms with Gasteiger partial charge in [0.05, 0.1) is 20.3 Å². The molecule has 2 aliphatic rings. The minimum absolute atomic E-state index is 0.0914. The number of methoxy groups -OCH3 is 1. The zero-order chi connectivity index (χ0) is 25.2. The lowest BCUT2D eigenvalue weighted by atomic mass is 9.97. The van der Waals surface area contributed by atoms with Crippen LogP contribution in [-0.2, 0) is 14.2 Å². The normalized spacial score (nSPS) is 38.4. The molecule has 2 heterocycles. The minimum atomic E-state index is -1.76. The Morgan fingerprint density at radius 3 is 2.06 bits per heavy atom. The summed E-state index contributed by atoms with van der Waals surface area (Å²) >= 11 is 0. The van der Waals surface area contributed by atoms with E-state index in [1.165, 1.54) is 32.2 Å². The molecule has 0 saturated carbocycles. The topological polar surface area (TPSA) is 205 Å². The number of ether oxygens (including phenoxy) is 5. The molecule has 13 heteroatoms. The highest BCUT2D eigenvalue weighted by Gasteiger charge is 2.51. The molecule has 2 aliphatic heterocycles. The van der Waals surface area contributed by atoms with E-state index in [2.05, 4.69) is 0 Å². The SMILES string of the molecule is COc1cc(C(C)=O)ccc1O[C@@H]1O[C@H](CO)[C@@H](O[C@H]2O[C@H](CO)[C@@H](O)[C@H](O)[C@H]2O)[C@H](O)[C@H]1O. The van der Waals surface area contributed by atoms with Gasteiger partial charge in [-0.25, -0.2) is 0 Å². The molecule has 13 nitrogen and oxygen atoms in total. The number of hydrogen-bond acceptors (Lipinski definition) is 13. The highest BCUT2D eigenvalue weighted by Crippen LogP contribution is 2.34. The number of Topliss-reactive ketones (excluding diaryl/α,β-unsaturated/α-hetero) is 1. The van der Waals surface area contributed by atoms with Gasteiger partial charge in [-0.3, -0.25) is 4.79 Å². The first kappa shape index (κ1) is 26.7. The number of carbonyl (C=O) groups is 1. The number of hydrogen-bond donors (Lipinski definition) is 7. The van der Waals surface area contributed by atoms with Crippen LogP contribution in [-0.4, -0.2) is 123 Å². The van der Waals surface area contributed by atoms with Crippen molar-refractivity contribution in [3.63, 3.8) is 0 Å². The van der Waals surface area contributed by atoms with E-state index in [0.717, 1.165) is 0 Å². The molecule has 192 valence electrons. The van der Waals surface area contributed by atoms with Crippen molar-refractivity contribution in [1.29, 1.82) is 0 Å². The van der Waals surface area contributed by atoms with E-state index in [1.807, 2.05) is 0 Å². The van der Waals surface area contributed by atoms with Gasteiger partial charge in [0.2, 0.25) is 6.29 Å². The predicted molar refractivity (Wildman–Crippen MR) is 110 cm³/mol. The van der Waals surface area contributed by atoms with E-state index < -0.39 is 74.6 Å². The smallest absolute Gasteiger partial charge is 0.229 e. The predicted octanol–water partition coefficient (Wildman–Crippen LogP) is -3.10. The lowest BCUT2D eigenvalue weighted by Crippen LogP contribution is -2.65. The molecule has 2 saturated heterocycles. The van der Waals surface area contributed by atoms with Gasteiger partial charge >= 0.3 is 0 Å². The van der Waals surface area contributed by atoms with Gasteiger partial charge in [0.25, 0.3) is 0 Å². The molecule has 0 radical (unpaired) electrons. The average molecular weight is 490 g/mol. The van der Waals surface area contributed by atoms with Gasteiger partial charge in [0, 0.05) is 5.56 Å². The van der Waals surface area contributed by atoms with Crippen molar-refractivity contribution in [3.8, 4) is 11.5 Å². The van der Waals surface area contributed by atoms with Gasteiger partial charge in [-0.1, -0.05) is 0 Å². The zero-order valence-electron chi connectivity index (χ0n) is 18.5. The van der Waals surface area contributed by atoms with Gasteiger partial charge in [0.1, 0.15) is 48.8 Å². The van der Waals surface area contributed by atoms with E-state index >= 15 is 0 Å². The molecule has 0 amide bonds. The van der Waals surface area contributed by atoms with Gasteiger partial charge in [-0.05, 0) is 25.1 Å². The van der Waals surface area contributed by atoms with Gasteiger partial charge < -0.3 is 59.4 Å². The Hall–Kier alpha value is -1.91. The van der Waals surface area contributed by atoms with Crippen LogP contribution in [0.1, 0.15) is 17.3 Å². The number of aliphatic hydroxyl groups is 7. The summed E-state index contributed by atoms with van der Waals surface area (Å²) in [5, 5.41) is 70.4. The highest BCUT2D eigenvalue weighted by atomic mass is 16.7. The Labute approximate surface area is 194 Å². The van der Waals surface area contributed by atoms with Crippen molar-refractivity contribution in [2.75, 3.05) is 20.3 Å². The summed E-state index contributed by atoms with van der Waals surface area (Å²) in [7, 11) is 1.35. The average Bonchev–Trinajstić information content (AvgIpc) is 2.83. The van der Waals surface area contributed by atoms with Crippen LogP contribution in [0.5, 0.6) is 11.5 Å². The molecule has 1 aromatic carbocycles. The maximum absolute atomic E-state index is 11.6. The molecule has 10 atom stereocenters. The summed E-state index contributed by atoms with van der Waals surface area (Å²) in [6.45, 7) is -0.0199. The Morgan fingerprint density at radius 1 is 0.853 bits per heavy atom. The fourth-order valence-electron chi connectivity index (χ4n) is 3.76. The molecular weight excluding hydrogens is 460 g/mol. The van der Waals surface area contributed by atoms with Crippen LogP contribution in [0.15, 0.2) is 18.2 Å². The summed E-state index contributed by atoms with van der Waals surface area (Å²) in [6, 6.07) is 4.32. The second-order valence-electron chi connectivity index (χ2n) is 8.04. The standard InChI is InChI=1S/C21H30O13/c1-8(24)9-3-4-10(11(5-9)30-2)31-20-18(29)16(27)19(13(7-23)33-20)34-21-17(28)15(26)14(25)12(6-22)32-21/h3-5,12-23,25-29H,6-7H2,1-2H3/t12-,13-,14-,15+,16-,17-,18-,19-,20-,21-/m1/s1. The van der Waals surface area contributed by atoms with Gasteiger partial charge in [0.15, 0.2) is 23.6 Å². The van der Waals surface area contributed by atoms with Crippen molar-refractivity contribution in [1.82, 2.24) is 0 Å². The van der Waals surface area contributed by atoms with Crippen LogP contribution in [0.25, 0.3) is 0 Å². The molecule has 0 aliphatic carbocycles. The molecular formula is C21H30O13. The minimum Gasteiger partial charge on any atom is -0.493 e. The van der Waals surface area contributed by atoms with Crippen molar-refractivity contribution < 1.29 is 64.2 Å². The summed E-state index contributed by atoms with van der Waals surface area (Å²) in [5.41, 5.74) is 0.357. The summed E-state index contributed by atoms with van der Waals surface area (Å²) in [4.78, 5) is 11.6. The number of aliphatic hydroxyl groups excluding tert-OH is 7. The van der Waals surface area contributed by atoms with Gasteiger partial charge in [-0.15, -0.1) is 0 Å². The molecule has 2 fully saturated rings. The largest absolute Gasteiger partial charge is 0.493 e. The first-order chi connectivity index (χ1) is 16.1. The van der Waals surface area contributed by atoms with Crippen molar-refractivity contribution >= 4 is 5.78 Å². The molecule has 34 heavy (non-hydrogen) atoms. The zero-order valence-corrected chi connectivity index (χ0v) is 18.5. The van der Waals surface area contributed by atoms with E-state index in [4.69, 9.17) is 23.7 Å². The highest BCUT2D eigenvalue weighted by molar-refractivity contribution is 5.94.